The van der Waals surface area contributed by atoms with Crippen LogP contribution in [0.2, 0.25) is 0 Å². The van der Waals surface area contributed by atoms with Crippen LogP contribution in [0.1, 0.15) is 13.8 Å². The van der Waals surface area contributed by atoms with Crippen molar-refractivity contribution >= 4 is 39.6 Å². The van der Waals surface area contributed by atoms with Gasteiger partial charge in [-0.25, -0.2) is 0 Å². The number of carbonyl (C=O) groups excluding carboxylic acids is 2. The molecule has 6 nitrogen and oxygen atoms in total. The van der Waals surface area contributed by atoms with Gasteiger partial charge in [-0.1, -0.05) is 30.3 Å². The molecule has 0 saturated heterocycles. The summed E-state index contributed by atoms with van der Waals surface area (Å²) in [6.45, 7) is 3.48. The summed E-state index contributed by atoms with van der Waals surface area (Å²) in [6, 6.07) is 18.7. The third kappa shape index (κ3) is 3.62. The van der Waals surface area contributed by atoms with Crippen LogP contribution in [0.5, 0.6) is 5.75 Å². The summed E-state index contributed by atoms with van der Waals surface area (Å²) in [4.78, 5) is 24.3. The van der Waals surface area contributed by atoms with Crippen molar-refractivity contribution in [2.75, 3.05) is 16.0 Å². The first-order valence-corrected chi connectivity index (χ1v) is 9.17. The minimum atomic E-state index is -0.516. The zero-order valence-corrected chi connectivity index (χ0v) is 15.7. The second kappa shape index (κ2) is 7.23. The first-order chi connectivity index (χ1) is 13.5. The highest BCUT2D eigenvalue weighted by molar-refractivity contribution is 5.99. The van der Waals surface area contributed by atoms with Gasteiger partial charge < -0.3 is 20.7 Å². The Labute approximate surface area is 162 Å². The lowest BCUT2D eigenvalue weighted by Gasteiger charge is -2.24. The lowest BCUT2D eigenvalue weighted by atomic mass is 10.1. The fraction of sp³-hybridized carbons (Fsp3) is 0.182. The summed E-state index contributed by atoms with van der Waals surface area (Å²) in [5.74, 6) is 0.277. The summed E-state index contributed by atoms with van der Waals surface area (Å²) in [6.07, 6.45) is -0.516. The molecule has 1 aliphatic heterocycles. The highest BCUT2D eigenvalue weighted by atomic mass is 16.5. The smallest absolute Gasteiger partial charge is 0.265 e. The van der Waals surface area contributed by atoms with Gasteiger partial charge in [0.2, 0.25) is 5.91 Å². The molecule has 0 saturated carbocycles. The highest BCUT2D eigenvalue weighted by Crippen LogP contribution is 2.32. The van der Waals surface area contributed by atoms with Crippen LogP contribution in [0.3, 0.4) is 0 Å². The Morgan fingerprint density at radius 2 is 1.79 bits per heavy atom. The molecule has 2 unspecified atom stereocenters. The first kappa shape index (κ1) is 17.9. The van der Waals surface area contributed by atoms with E-state index >= 15 is 0 Å². The molecule has 0 radical (unpaired) electrons. The van der Waals surface area contributed by atoms with E-state index in [0.29, 0.717) is 11.4 Å². The van der Waals surface area contributed by atoms with Gasteiger partial charge in [-0.3, -0.25) is 9.59 Å². The minimum Gasteiger partial charge on any atom is -0.479 e. The van der Waals surface area contributed by atoms with Gasteiger partial charge in [0.05, 0.1) is 5.69 Å². The molecule has 3 N–H and O–H groups in total. The molecule has 6 heteroatoms. The highest BCUT2D eigenvalue weighted by Gasteiger charge is 2.24. The number of nitrogens with one attached hydrogen (secondary N) is 3. The molecular weight excluding hydrogens is 354 g/mol. The van der Waals surface area contributed by atoms with Crippen LogP contribution in [-0.4, -0.2) is 24.0 Å². The molecule has 1 aliphatic rings. The molecule has 3 aromatic rings. The Morgan fingerprint density at radius 3 is 2.61 bits per heavy atom. The largest absolute Gasteiger partial charge is 0.479 e. The van der Waals surface area contributed by atoms with Crippen molar-refractivity contribution < 1.29 is 14.3 Å². The molecule has 0 fully saturated rings. The minimum absolute atomic E-state index is 0.151. The van der Waals surface area contributed by atoms with E-state index in [1.165, 1.54) is 0 Å². The van der Waals surface area contributed by atoms with Crippen molar-refractivity contribution in [3.05, 3.63) is 60.7 Å². The van der Waals surface area contributed by atoms with Crippen LogP contribution in [0.4, 0.5) is 17.1 Å². The number of rotatable bonds is 4. The number of carbonyl (C=O) groups is 2. The van der Waals surface area contributed by atoms with Gasteiger partial charge in [-0.05, 0) is 55.0 Å². The zero-order chi connectivity index (χ0) is 19.7. The van der Waals surface area contributed by atoms with Crippen molar-refractivity contribution in [1.82, 2.24) is 0 Å². The molecule has 142 valence electrons. The zero-order valence-electron chi connectivity index (χ0n) is 15.7. The maximum Gasteiger partial charge on any atom is 0.265 e. The number of hydrogen-bond donors (Lipinski definition) is 3. The SMILES string of the molecule is CC(Nc1ccc2c(c1)NC(=O)C(C)O2)C(=O)Nc1ccc2ccccc2c1. The van der Waals surface area contributed by atoms with E-state index in [4.69, 9.17) is 4.74 Å². The van der Waals surface area contributed by atoms with Gasteiger partial charge in [-0.15, -0.1) is 0 Å². The number of fused-ring (bicyclic) bond motifs is 2. The molecule has 0 bridgehead atoms. The second-order valence-corrected chi connectivity index (χ2v) is 6.88. The fourth-order valence-electron chi connectivity index (χ4n) is 3.13. The summed E-state index contributed by atoms with van der Waals surface area (Å²) in [5.41, 5.74) is 2.06. The molecule has 2 amide bonds. The van der Waals surface area contributed by atoms with Gasteiger partial charge in [0.15, 0.2) is 6.10 Å². The molecular formula is C22H21N3O3. The summed E-state index contributed by atoms with van der Waals surface area (Å²) < 4.78 is 5.55. The van der Waals surface area contributed by atoms with Crippen molar-refractivity contribution in [2.45, 2.75) is 26.0 Å². The van der Waals surface area contributed by atoms with E-state index in [-0.39, 0.29) is 11.8 Å². The van der Waals surface area contributed by atoms with E-state index in [2.05, 4.69) is 16.0 Å². The van der Waals surface area contributed by atoms with Gasteiger partial charge in [-0.2, -0.15) is 0 Å². The third-order valence-electron chi connectivity index (χ3n) is 4.70. The average molecular weight is 375 g/mol. The van der Waals surface area contributed by atoms with E-state index in [1.54, 1.807) is 26.0 Å². The number of anilines is 3. The fourth-order valence-corrected chi connectivity index (χ4v) is 3.13. The lowest BCUT2D eigenvalue weighted by molar-refractivity contribution is -0.122. The van der Waals surface area contributed by atoms with Crippen LogP contribution in [-0.2, 0) is 9.59 Å². The molecule has 2 atom stereocenters. The van der Waals surface area contributed by atoms with Crippen molar-refractivity contribution in [3.63, 3.8) is 0 Å². The van der Waals surface area contributed by atoms with Crippen LogP contribution in [0.15, 0.2) is 60.7 Å². The predicted molar refractivity (Wildman–Crippen MR) is 111 cm³/mol. The second-order valence-electron chi connectivity index (χ2n) is 6.88. The van der Waals surface area contributed by atoms with Crippen molar-refractivity contribution in [1.29, 1.82) is 0 Å². The number of ether oxygens (including phenoxy) is 1. The van der Waals surface area contributed by atoms with Gasteiger partial charge >= 0.3 is 0 Å². The van der Waals surface area contributed by atoms with Crippen LogP contribution >= 0.6 is 0 Å². The first-order valence-electron chi connectivity index (χ1n) is 9.17. The number of hydrogen-bond acceptors (Lipinski definition) is 4. The third-order valence-corrected chi connectivity index (χ3v) is 4.70. The molecule has 0 spiro atoms. The van der Waals surface area contributed by atoms with E-state index < -0.39 is 12.1 Å². The normalized spacial score (nSPS) is 16.5. The standard InChI is InChI=1S/C22H21N3O3/c1-13(21(26)24-17-8-7-15-5-3-4-6-16(15)11-17)23-18-9-10-20-19(12-18)25-22(27)14(2)28-20/h3-14,23H,1-2H3,(H,24,26)(H,25,27). The predicted octanol–water partition coefficient (Wildman–Crippen LogP) is 4.00. The van der Waals surface area contributed by atoms with Crippen LogP contribution < -0.4 is 20.7 Å². The van der Waals surface area contributed by atoms with Gasteiger partial charge in [0.25, 0.3) is 5.91 Å². The number of benzene rings is 3. The van der Waals surface area contributed by atoms with Gasteiger partial charge in [0, 0.05) is 11.4 Å². The Hall–Kier alpha value is -3.54. The average Bonchev–Trinajstić information content (AvgIpc) is 2.69. The van der Waals surface area contributed by atoms with Crippen LogP contribution in [0, 0.1) is 0 Å². The van der Waals surface area contributed by atoms with Crippen molar-refractivity contribution in [3.8, 4) is 5.75 Å². The molecule has 0 aliphatic carbocycles. The number of amides is 2. The molecule has 28 heavy (non-hydrogen) atoms. The monoisotopic (exact) mass is 375 g/mol. The molecule has 3 aromatic carbocycles. The quantitative estimate of drug-likeness (QED) is 0.644. The Bertz CT molecular complexity index is 1060. The Kier molecular flexibility index (Phi) is 4.61. The molecule has 0 aromatic heterocycles. The molecule has 1 heterocycles. The van der Waals surface area contributed by atoms with Crippen LogP contribution in [0.25, 0.3) is 10.8 Å². The lowest BCUT2D eigenvalue weighted by Crippen LogP contribution is -2.34. The van der Waals surface area contributed by atoms with Gasteiger partial charge in [0.1, 0.15) is 11.8 Å². The summed E-state index contributed by atoms with van der Waals surface area (Å²) in [5, 5.41) is 11.1. The Morgan fingerprint density at radius 1 is 1.04 bits per heavy atom. The summed E-state index contributed by atoms with van der Waals surface area (Å²) in [7, 11) is 0. The van der Waals surface area contributed by atoms with E-state index in [1.807, 2.05) is 48.5 Å². The maximum absolute atomic E-state index is 12.6. The topological polar surface area (TPSA) is 79.5 Å². The van der Waals surface area contributed by atoms with Crippen molar-refractivity contribution in [2.24, 2.45) is 0 Å². The van der Waals surface area contributed by atoms with E-state index in [9.17, 15) is 9.59 Å². The molecule has 4 rings (SSSR count). The maximum atomic E-state index is 12.6. The summed E-state index contributed by atoms with van der Waals surface area (Å²) >= 11 is 0. The Balaban J connectivity index is 1.44. The van der Waals surface area contributed by atoms with E-state index in [0.717, 1.165) is 22.1 Å².